The van der Waals surface area contributed by atoms with Crippen LogP contribution >= 0.6 is 0 Å². The van der Waals surface area contributed by atoms with E-state index in [2.05, 4.69) is 20.6 Å². The summed E-state index contributed by atoms with van der Waals surface area (Å²) < 4.78 is 0. The minimum absolute atomic E-state index is 0.0581. The molecule has 2 aromatic rings. The lowest BCUT2D eigenvalue weighted by Crippen LogP contribution is -2.55. The van der Waals surface area contributed by atoms with E-state index in [9.17, 15) is 19.5 Å². The Hall–Kier alpha value is -2.84. The fourth-order valence-electron chi connectivity index (χ4n) is 3.62. The van der Waals surface area contributed by atoms with E-state index in [1.54, 1.807) is 0 Å². The highest BCUT2D eigenvalue weighted by Gasteiger charge is 2.51. The zero-order valence-corrected chi connectivity index (χ0v) is 15.1. The molecule has 3 rings (SSSR count). The van der Waals surface area contributed by atoms with E-state index in [4.69, 9.17) is 15.8 Å². The molecule has 1 aromatic carbocycles. The van der Waals surface area contributed by atoms with E-state index in [1.165, 1.54) is 16.8 Å². The van der Waals surface area contributed by atoms with Gasteiger partial charge in [0, 0.05) is 26.1 Å². The number of nitrogens with two attached hydrogens (primary N) is 1. The second-order valence-corrected chi connectivity index (χ2v) is 6.97. The lowest BCUT2D eigenvalue weighted by atomic mass is 9.78. The van der Waals surface area contributed by atoms with Crippen molar-refractivity contribution >= 4 is 30.4 Å². The van der Waals surface area contributed by atoms with Crippen molar-refractivity contribution in [2.24, 2.45) is 11.7 Å². The average Bonchev–Trinajstić information content (AvgIpc) is 3.27. The fourth-order valence-corrected chi connectivity index (χ4v) is 3.62. The van der Waals surface area contributed by atoms with Gasteiger partial charge in [0.2, 0.25) is 5.95 Å². The van der Waals surface area contributed by atoms with Crippen LogP contribution in [0.3, 0.4) is 0 Å². The van der Waals surface area contributed by atoms with E-state index < -0.39 is 35.4 Å². The molecule has 0 unspecified atom stereocenters. The molecule has 1 saturated heterocycles. The second-order valence-electron chi connectivity index (χ2n) is 6.97. The molecule has 1 aromatic heterocycles. The highest BCUT2D eigenvalue weighted by molar-refractivity contribution is 6.40. The quantitative estimate of drug-likeness (QED) is 0.226. The lowest BCUT2D eigenvalue weighted by Gasteiger charge is -2.27. The molecule has 2 heterocycles. The fraction of sp³-hybridized carbons (Fsp3) is 0.571. The van der Waals surface area contributed by atoms with Crippen LogP contribution in [0.15, 0.2) is 9.59 Å². The zero-order chi connectivity index (χ0) is 20.6. The number of hydrogen-bond acceptors (Lipinski definition) is 11. The van der Waals surface area contributed by atoms with Crippen LogP contribution in [0.25, 0.3) is 0 Å². The highest BCUT2D eigenvalue weighted by atomic mass is 16.4. The van der Waals surface area contributed by atoms with Crippen LogP contribution in [0.4, 0.5) is 17.3 Å². The maximum absolute atomic E-state index is 12.2. The zero-order valence-electron chi connectivity index (χ0n) is 15.1. The number of tetrazole rings is 1. The molecule has 0 bridgehead atoms. The maximum atomic E-state index is 12.2. The minimum Gasteiger partial charge on any atom is -0.480 e. The first kappa shape index (κ1) is 19.9. The van der Waals surface area contributed by atoms with Gasteiger partial charge in [-0.1, -0.05) is 11.5 Å². The van der Waals surface area contributed by atoms with Crippen molar-refractivity contribution in [1.29, 1.82) is 0 Å². The number of carboxylic acid groups (broad SMARTS) is 1. The van der Waals surface area contributed by atoms with Crippen LogP contribution in [0.2, 0.25) is 6.32 Å². The smallest absolute Gasteiger partial charge is 0.451 e. The Kier molecular flexibility index (Phi) is 5.19. The topological polar surface area (TPSA) is 199 Å². The number of aliphatic carboxylic acids is 1. The molecule has 1 fully saturated rings. The normalized spacial score (nSPS) is 22.0. The van der Waals surface area contributed by atoms with Gasteiger partial charge in [0.1, 0.15) is 16.9 Å². The number of aromatic amines is 1. The minimum atomic E-state index is -1.64. The Morgan fingerprint density at radius 1 is 1.43 bits per heavy atom. The Morgan fingerprint density at radius 2 is 2.14 bits per heavy atom. The number of H-pyrrole nitrogens is 1. The molecule has 1 aliphatic heterocycles. The molecule has 28 heavy (non-hydrogen) atoms. The van der Waals surface area contributed by atoms with E-state index >= 15 is 0 Å². The number of hydrogen-bond donors (Lipinski definition) is 5. The number of nitrogens with zero attached hydrogens (tertiary/aromatic N) is 5. The molecule has 13 nitrogen and oxygen atoms in total. The predicted octanol–water partition coefficient (Wildman–Crippen LogP) is -2.97. The van der Waals surface area contributed by atoms with Gasteiger partial charge < -0.3 is 30.7 Å². The Labute approximate surface area is 158 Å². The Bertz CT molecular complexity index is 927. The van der Waals surface area contributed by atoms with Gasteiger partial charge in [-0.05, 0) is 23.2 Å². The molecule has 0 saturated carbocycles. The van der Waals surface area contributed by atoms with Gasteiger partial charge >= 0.3 is 13.1 Å². The van der Waals surface area contributed by atoms with Crippen molar-refractivity contribution in [3.8, 4) is 0 Å². The largest absolute Gasteiger partial charge is 0.480 e. The summed E-state index contributed by atoms with van der Waals surface area (Å²) >= 11 is 0. The molecular weight excluding hydrogens is 373 g/mol. The van der Waals surface area contributed by atoms with Gasteiger partial charge in [0.05, 0.1) is 0 Å². The van der Waals surface area contributed by atoms with Crippen molar-refractivity contribution < 1.29 is 19.9 Å². The molecule has 2 atom stereocenters. The van der Waals surface area contributed by atoms with Gasteiger partial charge in [-0.25, -0.2) is 5.10 Å². The van der Waals surface area contributed by atoms with Crippen molar-refractivity contribution in [3.05, 3.63) is 20.4 Å². The number of carbonyl (C=O) groups is 1. The van der Waals surface area contributed by atoms with E-state index in [0.29, 0.717) is 12.8 Å². The van der Waals surface area contributed by atoms with Crippen molar-refractivity contribution in [1.82, 2.24) is 20.6 Å². The third kappa shape index (κ3) is 3.25. The molecule has 14 heteroatoms. The van der Waals surface area contributed by atoms with E-state index in [1.807, 2.05) is 0 Å². The summed E-state index contributed by atoms with van der Waals surface area (Å²) in [6, 6.07) is 0. The Morgan fingerprint density at radius 3 is 2.71 bits per heavy atom. The van der Waals surface area contributed by atoms with Crippen molar-refractivity contribution in [2.75, 3.05) is 29.9 Å². The van der Waals surface area contributed by atoms with Crippen LogP contribution in [-0.2, 0) is 4.79 Å². The van der Waals surface area contributed by atoms with Crippen molar-refractivity contribution in [2.45, 2.75) is 24.7 Å². The Balaban J connectivity index is 1.87. The molecule has 0 amide bonds. The van der Waals surface area contributed by atoms with Gasteiger partial charge in [-0.2, -0.15) is 0 Å². The summed E-state index contributed by atoms with van der Waals surface area (Å²) in [5.74, 6) is -1.62. The molecule has 0 radical (unpaired) electrons. The lowest BCUT2D eigenvalue weighted by molar-refractivity contribution is -0.144. The first-order valence-corrected chi connectivity index (χ1v) is 8.61. The number of anilines is 3. The molecule has 6 N–H and O–H groups in total. The van der Waals surface area contributed by atoms with Crippen LogP contribution in [-0.4, -0.2) is 74.5 Å². The number of carboxylic acids is 1. The molecule has 1 aliphatic rings. The second kappa shape index (κ2) is 7.29. The van der Waals surface area contributed by atoms with Crippen LogP contribution in [0.5, 0.6) is 0 Å². The van der Waals surface area contributed by atoms with E-state index in [0.717, 1.165) is 0 Å². The van der Waals surface area contributed by atoms with Gasteiger partial charge in [-0.15, -0.1) is 0 Å². The van der Waals surface area contributed by atoms with Crippen molar-refractivity contribution in [3.63, 3.8) is 0 Å². The SMILES string of the molecule is CN(c1nnn[nH]1)c1c(N2C[C@H](CCCB(O)O)[C@](N)(C(=O)O)C2)c(=O)c1=O. The first-order valence-electron chi connectivity index (χ1n) is 8.61. The highest BCUT2D eigenvalue weighted by Crippen LogP contribution is 2.36. The average molecular weight is 393 g/mol. The summed E-state index contributed by atoms with van der Waals surface area (Å²) in [5.41, 5.74) is 3.17. The summed E-state index contributed by atoms with van der Waals surface area (Å²) in [6.07, 6.45) is 0.757. The van der Waals surface area contributed by atoms with E-state index in [-0.39, 0.29) is 36.7 Å². The summed E-state index contributed by atoms with van der Waals surface area (Å²) in [7, 11) is 0.0177. The third-order valence-electron chi connectivity index (χ3n) is 5.20. The first-order chi connectivity index (χ1) is 13.2. The predicted molar refractivity (Wildman–Crippen MR) is 98.1 cm³/mol. The van der Waals surface area contributed by atoms with Crippen LogP contribution in [0, 0.1) is 5.92 Å². The third-order valence-corrected chi connectivity index (χ3v) is 5.20. The summed E-state index contributed by atoms with van der Waals surface area (Å²) in [4.78, 5) is 39.0. The molecule has 150 valence electrons. The number of rotatable bonds is 8. The van der Waals surface area contributed by atoms with Gasteiger partial charge in [0.15, 0.2) is 0 Å². The molecular formula is C14H20BN7O6. The maximum Gasteiger partial charge on any atom is 0.451 e. The van der Waals surface area contributed by atoms with Crippen LogP contribution < -0.4 is 26.4 Å². The number of nitrogens with one attached hydrogen (secondary N) is 1. The summed E-state index contributed by atoms with van der Waals surface area (Å²) in [5, 5.41) is 40.6. The standard InChI is InChI=1S/C14H20BN7O6/c1-21(13-17-19-20-18-13)8-9(11(24)10(8)23)22-5-7(3-2-4-15(27)28)14(16,6-22)12(25)26/h7,27-28H,2-6,16H2,1H3,(H,25,26)(H,17,18,19,20)/t7-,14-/m0/s1. The molecule has 0 aliphatic carbocycles. The van der Waals surface area contributed by atoms with Gasteiger partial charge in [0.25, 0.3) is 10.9 Å². The molecule has 0 spiro atoms. The van der Waals surface area contributed by atoms with Gasteiger partial charge in [-0.3, -0.25) is 14.4 Å². The summed E-state index contributed by atoms with van der Waals surface area (Å²) in [6.45, 7) is -0.0142. The number of aromatic nitrogens is 4. The van der Waals surface area contributed by atoms with Crippen LogP contribution in [0.1, 0.15) is 12.8 Å². The monoisotopic (exact) mass is 393 g/mol.